The van der Waals surface area contributed by atoms with Crippen molar-refractivity contribution < 1.29 is 0 Å². The van der Waals surface area contributed by atoms with Gasteiger partial charge >= 0.3 is 0 Å². The van der Waals surface area contributed by atoms with Gasteiger partial charge < -0.3 is 0 Å². The maximum absolute atomic E-state index is 4.42. The number of aromatic nitrogens is 1. The summed E-state index contributed by atoms with van der Waals surface area (Å²) in [5.41, 5.74) is 4.06. The molecule has 0 saturated heterocycles. The van der Waals surface area contributed by atoms with E-state index < -0.39 is 0 Å². The Kier molecular flexibility index (Phi) is 2.74. The van der Waals surface area contributed by atoms with E-state index >= 15 is 0 Å². The summed E-state index contributed by atoms with van der Waals surface area (Å²) in [6.07, 6.45) is 3.04. The summed E-state index contributed by atoms with van der Waals surface area (Å²) in [5.74, 6) is 0. The standard InChI is InChI=1S/C12H19N/c1-6-10-7-11(12(3,4)5)9(2)13-8-10/h7-8H,6H2,1-5H3. The van der Waals surface area contributed by atoms with Gasteiger partial charge in [-0.15, -0.1) is 0 Å². The van der Waals surface area contributed by atoms with E-state index in [2.05, 4.69) is 45.7 Å². The molecule has 0 aromatic carbocycles. The van der Waals surface area contributed by atoms with Gasteiger partial charge in [0.05, 0.1) is 0 Å². The molecule has 1 aromatic rings. The second-order valence-electron chi connectivity index (χ2n) is 4.58. The summed E-state index contributed by atoms with van der Waals surface area (Å²) in [6, 6.07) is 2.28. The molecule has 0 unspecified atom stereocenters. The lowest BCUT2D eigenvalue weighted by Gasteiger charge is -2.21. The Morgan fingerprint density at radius 3 is 2.38 bits per heavy atom. The zero-order valence-electron chi connectivity index (χ0n) is 9.31. The molecule has 0 radical (unpaired) electrons. The maximum atomic E-state index is 4.42. The molecule has 0 spiro atoms. The van der Waals surface area contributed by atoms with E-state index in [1.54, 1.807) is 0 Å². The van der Waals surface area contributed by atoms with Crippen LogP contribution in [-0.4, -0.2) is 4.98 Å². The van der Waals surface area contributed by atoms with Crippen molar-refractivity contribution in [3.8, 4) is 0 Å². The van der Waals surface area contributed by atoms with E-state index in [9.17, 15) is 0 Å². The highest BCUT2D eigenvalue weighted by molar-refractivity contribution is 5.30. The molecule has 1 heteroatoms. The van der Waals surface area contributed by atoms with E-state index in [1.165, 1.54) is 11.1 Å². The molecule has 0 amide bonds. The van der Waals surface area contributed by atoms with Crippen LogP contribution in [0.1, 0.15) is 44.5 Å². The number of nitrogens with zero attached hydrogens (tertiary/aromatic N) is 1. The fourth-order valence-corrected chi connectivity index (χ4v) is 1.53. The van der Waals surface area contributed by atoms with Crippen LogP contribution in [-0.2, 0) is 11.8 Å². The van der Waals surface area contributed by atoms with E-state index in [1.807, 2.05) is 6.20 Å². The van der Waals surface area contributed by atoms with Crippen LogP contribution in [0.3, 0.4) is 0 Å². The van der Waals surface area contributed by atoms with Crippen molar-refractivity contribution in [2.75, 3.05) is 0 Å². The van der Waals surface area contributed by atoms with Crippen LogP contribution in [0.25, 0.3) is 0 Å². The third kappa shape index (κ3) is 2.30. The molecule has 1 rings (SSSR count). The predicted molar refractivity (Wildman–Crippen MR) is 57.1 cm³/mol. The molecule has 0 bridgehead atoms. The average Bonchev–Trinajstić information content (AvgIpc) is 2.03. The van der Waals surface area contributed by atoms with E-state index in [4.69, 9.17) is 0 Å². The Balaban J connectivity index is 3.19. The first-order valence-electron chi connectivity index (χ1n) is 4.91. The molecule has 1 nitrogen and oxygen atoms in total. The highest BCUT2D eigenvalue weighted by Crippen LogP contribution is 2.25. The van der Waals surface area contributed by atoms with Crippen molar-refractivity contribution in [2.45, 2.75) is 46.5 Å². The second kappa shape index (κ2) is 3.49. The summed E-state index contributed by atoms with van der Waals surface area (Å²) < 4.78 is 0. The van der Waals surface area contributed by atoms with Crippen LogP contribution in [0.4, 0.5) is 0 Å². The Hall–Kier alpha value is -0.850. The zero-order chi connectivity index (χ0) is 10.1. The predicted octanol–water partition coefficient (Wildman–Crippen LogP) is 3.25. The lowest BCUT2D eigenvalue weighted by molar-refractivity contribution is 0.581. The highest BCUT2D eigenvalue weighted by Gasteiger charge is 2.16. The van der Waals surface area contributed by atoms with Crippen LogP contribution >= 0.6 is 0 Å². The fraction of sp³-hybridized carbons (Fsp3) is 0.583. The van der Waals surface area contributed by atoms with Crippen molar-refractivity contribution in [1.29, 1.82) is 0 Å². The van der Waals surface area contributed by atoms with Crippen molar-refractivity contribution in [1.82, 2.24) is 4.98 Å². The monoisotopic (exact) mass is 177 g/mol. The molecule has 0 aliphatic rings. The summed E-state index contributed by atoms with van der Waals surface area (Å²) in [7, 11) is 0. The van der Waals surface area contributed by atoms with Gasteiger partial charge in [-0.1, -0.05) is 33.8 Å². The lowest BCUT2D eigenvalue weighted by Crippen LogP contribution is -2.14. The number of pyridine rings is 1. The molecule has 1 heterocycles. The molecule has 1 aromatic heterocycles. The van der Waals surface area contributed by atoms with Crippen LogP contribution in [0.2, 0.25) is 0 Å². The first kappa shape index (κ1) is 10.2. The van der Waals surface area contributed by atoms with Gasteiger partial charge in [0, 0.05) is 11.9 Å². The van der Waals surface area contributed by atoms with Gasteiger partial charge in [-0.25, -0.2) is 0 Å². The largest absolute Gasteiger partial charge is 0.261 e. The van der Waals surface area contributed by atoms with Crippen LogP contribution in [0, 0.1) is 6.92 Å². The molecule has 0 atom stereocenters. The quantitative estimate of drug-likeness (QED) is 0.641. The van der Waals surface area contributed by atoms with Crippen molar-refractivity contribution in [3.05, 3.63) is 29.1 Å². The lowest BCUT2D eigenvalue weighted by atomic mass is 9.85. The molecule has 0 aliphatic carbocycles. The minimum Gasteiger partial charge on any atom is -0.261 e. The summed E-state index contributed by atoms with van der Waals surface area (Å²) in [5, 5.41) is 0. The summed E-state index contributed by atoms with van der Waals surface area (Å²) in [6.45, 7) is 10.9. The maximum Gasteiger partial charge on any atom is 0.0410 e. The Labute approximate surface area is 81.2 Å². The van der Waals surface area contributed by atoms with Gasteiger partial charge in [0.25, 0.3) is 0 Å². The molecule has 0 aliphatic heterocycles. The number of rotatable bonds is 1. The zero-order valence-corrected chi connectivity index (χ0v) is 9.31. The van der Waals surface area contributed by atoms with E-state index in [-0.39, 0.29) is 5.41 Å². The van der Waals surface area contributed by atoms with Gasteiger partial charge in [0.1, 0.15) is 0 Å². The summed E-state index contributed by atoms with van der Waals surface area (Å²) in [4.78, 5) is 4.42. The first-order chi connectivity index (χ1) is 5.95. The minimum atomic E-state index is 0.211. The van der Waals surface area contributed by atoms with Gasteiger partial charge in [-0.3, -0.25) is 4.98 Å². The van der Waals surface area contributed by atoms with Crippen molar-refractivity contribution in [2.24, 2.45) is 0 Å². The number of aryl methyl sites for hydroxylation is 2. The first-order valence-corrected chi connectivity index (χ1v) is 4.91. The van der Waals surface area contributed by atoms with E-state index in [0.29, 0.717) is 0 Å². The van der Waals surface area contributed by atoms with Gasteiger partial charge in [-0.05, 0) is 29.9 Å². The minimum absolute atomic E-state index is 0.211. The average molecular weight is 177 g/mol. The number of hydrogen-bond acceptors (Lipinski definition) is 1. The Morgan fingerprint density at radius 2 is 1.92 bits per heavy atom. The van der Waals surface area contributed by atoms with Crippen LogP contribution < -0.4 is 0 Å². The van der Waals surface area contributed by atoms with Crippen LogP contribution in [0.5, 0.6) is 0 Å². The molecule has 0 saturated carbocycles. The fourth-order valence-electron chi connectivity index (χ4n) is 1.53. The smallest absolute Gasteiger partial charge is 0.0410 e. The Bertz CT molecular complexity index is 294. The molecular formula is C12H19N. The molecule has 0 fully saturated rings. The highest BCUT2D eigenvalue weighted by atomic mass is 14.7. The third-order valence-corrected chi connectivity index (χ3v) is 2.36. The van der Waals surface area contributed by atoms with Crippen molar-refractivity contribution in [3.63, 3.8) is 0 Å². The van der Waals surface area contributed by atoms with Gasteiger partial charge in [0.2, 0.25) is 0 Å². The summed E-state index contributed by atoms with van der Waals surface area (Å²) >= 11 is 0. The number of hydrogen-bond donors (Lipinski definition) is 0. The molecular weight excluding hydrogens is 158 g/mol. The second-order valence-corrected chi connectivity index (χ2v) is 4.58. The van der Waals surface area contributed by atoms with Gasteiger partial charge in [-0.2, -0.15) is 0 Å². The van der Waals surface area contributed by atoms with Crippen molar-refractivity contribution >= 4 is 0 Å². The third-order valence-electron chi connectivity index (χ3n) is 2.36. The van der Waals surface area contributed by atoms with Crippen LogP contribution in [0.15, 0.2) is 12.3 Å². The van der Waals surface area contributed by atoms with Gasteiger partial charge in [0.15, 0.2) is 0 Å². The van der Waals surface area contributed by atoms with E-state index in [0.717, 1.165) is 12.1 Å². The molecule has 13 heavy (non-hydrogen) atoms. The molecule has 0 N–H and O–H groups in total. The topological polar surface area (TPSA) is 12.9 Å². The normalized spacial score (nSPS) is 11.8. The molecule has 72 valence electrons. The SMILES string of the molecule is CCc1cnc(C)c(C(C)(C)C)c1. The Morgan fingerprint density at radius 1 is 1.31 bits per heavy atom.